The second kappa shape index (κ2) is 8.64. The lowest BCUT2D eigenvalue weighted by molar-refractivity contribution is -0.163. The first-order valence-corrected chi connectivity index (χ1v) is 11.1. The van der Waals surface area contributed by atoms with Crippen molar-refractivity contribution < 1.29 is 23.5 Å². The third-order valence-electron chi connectivity index (χ3n) is 5.44. The van der Waals surface area contributed by atoms with E-state index >= 15 is 0 Å². The van der Waals surface area contributed by atoms with E-state index in [0.717, 1.165) is 16.5 Å². The topological polar surface area (TPSA) is 86.0 Å². The summed E-state index contributed by atoms with van der Waals surface area (Å²) in [6.07, 6.45) is 0.136. The highest BCUT2D eigenvalue weighted by atomic mass is 32.2. The van der Waals surface area contributed by atoms with Crippen LogP contribution >= 0.6 is 11.8 Å². The van der Waals surface area contributed by atoms with Gasteiger partial charge in [-0.15, -0.1) is 11.8 Å². The van der Waals surface area contributed by atoms with Crippen molar-refractivity contribution in [1.82, 2.24) is 4.90 Å². The Labute approximate surface area is 187 Å². The minimum absolute atomic E-state index is 0.148. The number of thioether (sulfide) groups is 1. The van der Waals surface area contributed by atoms with Gasteiger partial charge in [-0.25, -0.2) is 4.79 Å². The normalized spacial score (nSPS) is 20.1. The molecular weight excluding hydrogens is 430 g/mol. The number of ether oxygens (including phenoxy) is 2. The third kappa shape index (κ3) is 3.83. The lowest BCUT2D eigenvalue weighted by Gasteiger charge is -2.48. The average molecular weight is 449 g/mol. The van der Waals surface area contributed by atoms with E-state index in [-0.39, 0.29) is 17.9 Å². The number of hydrogen-bond donors (Lipinski definition) is 0. The molecule has 1 saturated heterocycles. The van der Waals surface area contributed by atoms with Crippen molar-refractivity contribution in [2.24, 2.45) is 0 Å². The molecule has 2 atom stereocenters. The molecule has 2 aromatic carbocycles. The number of rotatable bonds is 7. The van der Waals surface area contributed by atoms with Gasteiger partial charge >= 0.3 is 5.63 Å². The maximum absolute atomic E-state index is 12.7. The molecule has 8 heteroatoms. The Morgan fingerprint density at radius 2 is 1.88 bits per heavy atom. The zero-order valence-corrected chi connectivity index (χ0v) is 17.7. The molecule has 3 aromatic rings. The van der Waals surface area contributed by atoms with Gasteiger partial charge < -0.3 is 13.9 Å². The fraction of sp³-hybridized carbons (Fsp3) is 0.208. The van der Waals surface area contributed by atoms with E-state index in [0.29, 0.717) is 35.7 Å². The molecule has 32 heavy (non-hydrogen) atoms. The van der Waals surface area contributed by atoms with Crippen LogP contribution < -0.4 is 10.4 Å². The lowest BCUT2D eigenvalue weighted by Crippen LogP contribution is -2.65. The number of β-lactam (4-membered cyclic amide) rings is 1. The van der Waals surface area contributed by atoms with Crippen molar-refractivity contribution in [1.29, 1.82) is 0 Å². The quantitative estimate of drug-likeness (QED) is 0.311. The smallest absolute Gasteiger partial charge is 0.336 e. The molecule has 0 radical (unpaired) electrons. The van der Waals surface area contributed by atoms with Crippen molar-refractivity contribution in [3.05, 3.63) is 87.9 Å². The molecule has 0 aliphatic carbocycles. The zero-order valence-electron chi connectivity index (χ0n) is 16.9. The van der Waals surface area contributed by atoms with Crippen LogP contribution in [0.1, 0.15) is 5.56 Å². The Kier molecular flexibility index (Phi) is 5.55. The van der Waals surface area contributed by atoms with Gasteiger partial charge in [0.1, 0.15) is 23.3 Å². The van der Waals surface area contributed by atoms with Gasteiger partial charge in [-0.2, -0.15) is 0 Å². The van der Waals surface area contributed by atoms with Crippen LogP contribution in [0.4, 0.5) is 0 Å². The molecule has 1 fully saturated rings. The Morgan fingerprint density at radius 1 is 1.06 bits per heavy atom. The standard InChI is InChI=1S/C24H19NO6S/c26-11-19-17(13-29-18-8-6-16-7-9-21(27)31-20(16)10-18)14-32-24-22(23(28)25(19)24)30-12-15-4-2-1-3-5-15/h1-11,22,24H,12-14H2/t22-,24+/m0/s1. The number of carbonyl (C=O) groups excluding carboxylic acids is 2. The predicted octanol–water partition coefficient (Wildman–Crippen LogP) is 3.13. The number of fused-ring (bicyclic) bond motifs is 2. The maximum Gasteiger partial charge on any atom is 0.336 e. The van der Waals surface area contributed by atoms with E-state index < -0.39 is 11.7 Å². The number of benzene rings is 2. The summed E-state index contributed by atoms with van der Waals surface area (Å²) in [5.41, 5.74) is 2.05. The molecule has 2 aliphatic heterocycles. The Morgan fingerprint density at radius 3 is 2.69 bits per heavy atom. The molecule has 0 N–H and O–H groups in total. The van der Waals surface area contributed by atoms with E-state index in [1.807, 2.05) is 30.3 Å². The van der Waals surface area contributed by atoms with Gasteiger partial charge in [0.2, 0.25) is 0 Å². The lowest BCUT2D eigenvalue weighted by atomic mass is 10.1. The highest BCUT2D eigenvalue weighted by Crippen LogP contribution is 2.41. The maximum atomic E-state index is 12.7. The molecule has 2 aliphatic rings. The van der Waals surface area contributed by atoms with Gasteiger partial charge in [0.25, 0.3) is 5.91 Å². The molecule has 7 nitrogen and oxygen atoms in total. The van der Waals surface area contributed by atoms with E-state index in [2.05, 4.69) is 0 Å². The molecule has 0 saturated carbocycles. The van der Waals surface area contributed by atoms with Crippen LogP contribution in [-0.2, 0) is 20.9 Å². The van der Waals surface area contributed by atoms with Crippen LogP contribution in [0.5, 0.6) is 5.75 Å². The summed E-state index contributed by atoms with van der Waals surface area (Å²) in [6, 6.07) is 17.9. The molecule has 0 spiro atoms. The summed E-state index contributed by atoms with van der Waals surface area (Å²) in [6.45, 7) is 0.492. The zero-order chi connectivity index (χ0) is 22.1. The number of amides is 1. The van der Waals surface area contributed by atoms with Crippen molar-refractivity contribution in [3.8, 4) is 5.75 Å². The van der Waals surface area contributed by atoms with Gasteiger partial charge in [-0.1, -0.05) is 30.3 Å². The summed E-state index contributed by atoms with van der Waals surface area (Å²) < 4.78 is 16.9. The molecule has 3 heterocycles. The van der Waals surface area contributed by atoms with Gasteiger partial charge in [0.15, 0.2) is 12.4 Å². The summed E-state index contributed by atoms with van der Waals surface area (Å²) in [7, 11) is 0. The Bertz CT molecular complexity index is 1270. The van der Waals surface area contributed by atoms with Crippen molar-refractivity contribution in [2.75, 3.05) is 12.4 Å². The van der Waals surface area contributed by atoms with Crippen LogP contribution in [0.25, 0.3) is 11.0 Å². The number of hydrogen-bond acceptors (Lipinski definition) is 7. The first kappa shape index (κ1) is 20.5. The minimum Gasteiger partial charge on any atom is -0.489 e. The van der Waals surface area contributed by atoms with Crippen LogP contribution in [-0.4, -0.2) is 40.9 Å². The first-order valence-electron chi connectivity index (χ1n) is 10.1. The number of nitrogens with zero attached hydrogens (tertiary/aromatic N) is 1. The van der Waals surface area contributed by atoms with Gasteiger partial charge in [-0.05, 0) is 23.8 Å². The van der Waals surface area contributed by atoms with Gasteiger partial charge in [0.05, 0.1) is 12.3 Å². The average Bonchev–Trinajstić information content (AvgIpc) is 2.82. The van der Waals surface area contributed by atoms with Crippen LogP contribution in [0.2, 0.25) is 0 Å². The molecule has 5 rings (SSSR count). The number of aldehydes is 1. The fourth-order valence-corrected chi connectivity index (χ4v) is 5.10. The van der Waals surface area contributed by atoms with E-state index in [9.17, 15) is 14.4 Å². The first-order chi connectivity index (χ1) is 15.6. The van der Waals surface area contributed by atoms with Crippen molar-refractivity contribution in [3.63, 3.8) is 0 Å². The van der Waals surface area contributed by atoms with E-state index in [4.69, 9.17) is 13.9 Å². The largest absolute Gasteiger partial charge is 0.489 e. The molecular formula is C24H19NO6S. The SMILES string of the molecule is O=CC1=C(COc2ccc3ccc(=O)oc3c2)CS[C@@H]2[C@@H](OCc3ccccc3)C(=O)N12. The highest BCUT2D eigenvalue weighted by molar-refractivity contribution is 8.00. The van der Waals surface area contributed by atoms with Crippen molar-refractivity contribution in [2.45, 2.75) is 18.1 Å². The Hall–Kier alpha value is -3.36. The fourth-order valence-electron chi connectivity index (χ4n) is 3.76. The number of allylic oxidation sites excluding steroid dienone is 1. The second-order valence-corrected chi connectivity index (χ2v) is 8.58. The predicted molar refractivity (Wildman–Crippen MR) is 119 cm³/mol. The Balaban J connectivity index is 1.27. The molecule has 1 amide bonds. The monoisotopic (exact) mass is 449 g/mol. The van der Waals surface area contributed by atoms with Crippen LogP contribution in [0.15, 0.2) is 81.1 Å². The third-order valence-corrected chi connectivity index (χ3v) is 6.75. The summed E-state index contributed by atoms with van der Waals surface area (Å²) >= 11 is 1.55. The number of carbonyl (C=O) groups is 2. The molecule has 1 aromatic heterocycles. The van der Waals surface area contributed by atoms with Gasteiger partial charge in [-0.3, -0.25) is 14.5 Å². The van der Waals surface area contributed by atoms with E-state index in [1.165, 1.54) is 11.0 Å². The minimum atomic E-state index is -0.569. The summed E-state index contributed by atoms with van der Waals surface area (Å²) in [4.78, 5) is 37.4. The van der Waals surface area contributed by atoms with Crippen molar-refractivity contribution >= 4 is 34.9 Å². The molecule has 0 bridgehead atoms. The molecule has 0 unspecified atom stereocenters. The summed E-state index contributed by atoms with van der Waals surface area (Å²) in [5, 5.41) is 0.568. The van der Waals surface area contributed by atoms with Crippen LogP contribution in [0.3, 0.4) is 0 Å². The van der Waals surface area contributed by atoms with E-state index in [1.54, 1.807) is 36.0 Å². The van der Waals surface area contributed by atoms with Gasteiger partial charge in [0, 0.05) is 28.8 Å². The summed E-state index contributed by atoms with van der Waals surface area (Å²) in [5.74, 6) is 0.845. The molecule has 162 valence electrons. The second-order valence-electron chi connectivity index (χ2n) is 7.48. The van der Waals surface area contributed by atoms with Crippen LogP contribution in [0, 0.1) is 0 Å². The highest BCUT2D eigenvalue weighted by Gasteiger charge is 2.52.